The number of carboxylic acids is 3. The van der Waals surface area contributed by atoms with Crippen LogP contribution >= 0.6 is 0 Å². The molecule has 0 aliphatic heterocycles. The zero-order chi connectivity index (χ0) is 18.8. The minimum absolute atomic E-state index is 0.0768. The molecule has 0 heterocycles. The van der Waals surface area contributed by atoms with Gasteiger partial charge in [-0.3, -0.25) is 9.59 Å². The van der Waals surface area contributed by atoms with Crippen molar-refractivity contribution < 1.29 is 34.5 Å². The van der Waals surface area contributed by atoms with E-state index < -0.39 is 42.9 Å². The molecule has 9 heteroatoms. The van der Waals surface area contributed by atoms with Crippen molar-refractivity contribution >= 4 is 23.9 Å². The monoisotopic (exact) mass is 352 g/mol. The van der Waals surface area contributed by atoms with Gasteiger partial charge in [0.2, 0.25) is 0 Å². The van der Waals surface area contributed by atoms with Crippen LogP contribution in [0.3, 0.4) is 0 Å². The van der Waals surface area contributed by atoms with Crippen molar-refractivity contribution in [1.29, 1.82) is 0 Å². The molecule has 0 aromatic heterocycles. The zero-order valence-corrected chi connectivity index (χ0v) is 13.4. The van der Waals surface area contributed by atoms with Gasteiger partial charge in [-0.2, -0.15) is 0 Å². The smallest absolute Gasteiger partial charge is 0.326 e. The van der Waals surface area contributed by atoms with E-state index in [0.717, 1.165) is 10.5 Å². The number of carbonyl (C=O) groups excluding carboxylic acids is 1. The second kappa shape index (κ2) is 9.91. The molecule has 25 heavy (non-hydrogen) atoms. The number of nitrogens with zero attached hydrogens (tertiary/aromatic N) is 1. The summed E-state index contributed by atoms with van der Waals surface area (Å²) in [5, 5.41) is 28.8. The highest BCUT2D eigenvalue weighted by Gasteiger charge is 2.24. The molecular weight excluding hydrogens is 332 g/mol. The summed E-state index contributed by atoms with van der Waals surface area (Å²) in [6, 6.07) is 6.82. The van der Waals surface area contributed by atoms with Crippen LogP contribution in [-0.2, 0) is 20.8 Å². The summed E-state index contributed by atoms with van der Waals surface area (Å²) >= 11 is 0. The lowest BCUT2D eigenvalue weighted by atomic mass is 10.1. The molecule has 136 valence electrons. The first-order valence-electron chi connectivity index (χ1n) is 7.55. The number of amides is 2. The van der Waals surface area contributed by atoms with Gasteiger partial charge in [0, 0.05) is 13.0 Å². The van der Waals surface area contributed by atoms with Gasteiger partial charge in [0.25, 0.3) is 0 Å². The van der Waals surface area contributed by atoms with E-state index in [9.17, 15) is 19.2 Å². The number of urea groups is 1. The highest BCUT2D eigenvalue weighted by Crippen LogP contribution is 2.04. The van der Waals surface area contributed by atoms with Gasteiger partial charge in [-0.15, -0.1) is 0 Å². The van der Waals surface area contributed by atoms with Crippen LogP contribution < -0.4 is 5.32 Å². The number of carboxylic acid groups (broad SMARTS) is 3. The molecule has 1 atom stereocenters. The molecule has 2 amide bonds. The van der Waals surface area contributed by atoms with E-state index in [4.69, 9.17) is 15.3 Å². The maximum atomic E-state index is 12.2. The van der Waals surface area contributed by atoms with E-state index in [1.165, 1.54) is 0 Å². The average Bonchev–Trinajstić information content (AvgIpc) is 2.55. The molecule has 0 saturated carbocycles. The second-order valence-corrected chi connectivity index (χ2v) is 5.32. The number of hydrogen-bond donors (Lipinski definition) is 4. The largest absolute Gasteiger partial charge is 0.481 e. The Morgan fingerprint density at radius 1 is 1.00 bits per heavy atom. The Hall–Kier alpha value is -3.10. The number of aliphatic carboxylic acids is 3. The summed E-state index contributed by atoms with van der Waals surface area (Å²) < 4.78 is 0. The lowest BCUT2D eigenvalue weighted by Crippen LogP contribution is -2.50. The zero-order valence-electron chi connectivity index (χ0n) is 13.4. The van der Waals surface area contributed by atoms with Crippen molar-refractivity contribution in [3.8, 4) is 0 Å². The summed E-state index contributed by atoms with van der Waals surface area (Å²) in [6.07, 6.45) is -0.329. The van der Waals surface area contributed by atoms with Gasteiger partial charge in [-0.25, -0.2) is 9.59 Å². The van der Waals surface area contributed by atoms with Crippen LogP contribution in [0.25, 0.3) is 0 Å². The van der Waals surface area contributed by atoms with Crippen molar-refractivity contribution in [2.45, 2.75) is 25.3 Å². The summed E-state index contributed by atoms with van der Waals surface area (Å²) in [7, 11) is 0. The quantitative estimate of drug-likeness (QED) is 0.483. The van der Waals surface area contributed by atoms with Crippen LogP contribution in [0, 0.1) is 0 Å². The molecule has 0 aliphatic rings. The van der Waals surface area contributed by atoms with Crippen LogP contribution in [0.4, 0.5) is 4.79 Å². The predicted octanol–water partition coefficient (Wildman–Crippen LogP) is 0.643. The van der Waals surface area contributed by atoms with E-state index in [1.807, 2.05) is 30.3 Å². The first-order valence-corrected chi connectivity index (χ1v) is 7.55. The standard InChI is InChI=1S/C16H20N2O7/c19-13(20)7-6-12(15(23)24)17-16(25)18(10-14(21)22)9-8-11-4-2-1-3-5-11/h1-5,12H,6-10H2,(H,17,25)(H,19,20)(H,21,22)(H,23,24). The van der Waals surface area contributed by atoms with Crippen molar-refractivity contribution in [2.24, 2.45) is 0 Å². The van der Waals surface area contributed by atoms with E-state index in [-0.39, 0.29) is 13.0 Å². The molecule has 0 fully saturated rings. The Bertz CT molecular complexity index is 618. The fourth-order valence-electron chi connectivity index (χ4n) is 2.09. The van der Waals surface area contributed by atoms with Crippen LogP contribution in [0.15, 0.2) is 30.3 Å². The Morgan fingerprint density at radius 3 is 2.16 bits per heavy atom. The summed E-state index contributed by atoms with van der Waals surface area (Å²) in [4.78, 5) is 45.8. The fourth-order valence-corrected chi connectivity index (χ4v) is 2.09. The molecule has 1 rings (SSSR count). The topological polar surface area (TPSA) is 144 Å². The molecule has 0 bridgehead atoms. The van der Waals surface area contributed by atoms with Gasteiger partial charge in [-0.1, -0.05) is 30.3 Å². The highest BCUT2D eigenvalue weighted by molar-refractivity contribution is 5.85. The van der Waals surface area contributed by atoms with Crippen molar-refractivity contribution in [3.05, 3.63) is 35.9 Å². The maximum absolute atomic E-state index is 12.2. The van der Waals surface area contributed by atoms with Crippen LogP contribution in [-0.4, -0.2) is 63.3 Å². The van der Waals surface area contributed by atoms with E-state index >= 15 is 0 Å². The lowest BCUT2D eigenvalue weighted by molar-refractivity contribution is -0.140. The first kappa shape index (κ1) is 19.9. The Balaban J connectivity index is 2.71. The molecule has 0 spiro atoms. The van der Waals surface area contributed by atoms with Crippen LogP contribution in [0.1, 0.15) is 18.4 Å². The third kappa shape index (κ3) is 7.82. The predicted molar refractivity (Wildman–Crippen MR) is 86.2 cm³/mol. The van der Waals surface area contributed by atoms with E-state index in [0.29, 0.717) is 6.42 Å². The van der Waals surface area contributed by atoms with E-state index in [2.05, 4.69) is 5.32 Å². The van der Waals surface area contributed by atoms with Crippen LogP contribution in [0.2, 0.25) is 0 Å². The number of rotatable bonds is 10. The number of benzene rings is 1. The van der Waals surface area contributed by atoms with E-state index in [1.54, 1.807) is 0 Å². The molecule has 0 aliphatic carbocycles. The third-order valence-corrected chi connectivity index (χ3v) is 3.37. The molecule has 0 saturated heterocycles. The minimum atomic E-state index is -1.41. The van der Waals surface area contributed by atoms with Gasteiger partial charge >= 0.3 is 23.9 Å². The number of carbonyl (C=O) groups is 4. The van der Waals surface area contributed by atoms with Gasteiger partial charge < -0.3 is 25.5 Å². The minimum Gasteiger partial charge on any atom is -0.481 e. The van der Waals surface area contributed by atoms with Crippen molar-refractivity contribution in [3.63, 3.8) is 0 Å². The SMILES string of the molecule is O=C(O)CCC(NC(=O)N(CCc1ccccc1)CC(=O)O)C(=O)O. The Kier molecular flexibility index (Phi) is 7.91. The highest BCUT2D eigenvalue weighted by atomic mass is 16.4. The molecule has 0 radical (unpaired) electrons. The molecule has 4 N–H and O–H groups in total. The molecule has 1 unspecified atom stereocenters. The summed E-state index contributed by atoms with van der Waals surface area (Å²) in [6.45, 7) is -0.517. The number of nitrogens with one attached hydrogen (secondary N) is 1. The third-order valence-electron chi connectivity index (χ3n) is 3.37. The van der Waals surface area contributed by atoms with Gasteiger partial charge in [0.15, 0.2) is 0 Å². The first-order chi connectivity index (χ1) is 11.8. The number of hydrogen-bond acceptors (Lipinski definition) is 4. The van der Waals surface area contributed by atoms with Crippen LogP contribution in [0.5, 0.6) is 0 Å². The average molecular weight is 352 g/mol. The summed E-state index contributed by atoms with van der Waals surface area (Å²) in [5.41, 5.74) is 0.895. The molecular formula is C16H20N2O7. The van der Waals surface area contributed by atoms with Gasteiger partial charge in [-0.05, 0) is 18.4 Å². The Labute approximate surface area is 143 Å². The fraction of sp³-hybridized carbons (Fsp3) is 0.375. The lowest BCUT2D eigenvalue weighted by Gasteiger charge is -2.23. The molecule has 9 nitrogen and oxygen atoms in total. The normalized spacial score (nSPS) is 11.4. The molecule has 1 aromatic rings. The van der Waals surface area contributed by atoms with Gasteiger partial charge in [0.05, 0.1) is 0 Å². The molecule has 1 aromatic carbocycles. The second-order valence-electron chi connectivity index (χ2n) is 5.32. The van der Waals surface area contributed by atoms with Crippen molar-refractivity contribution in [2.75, 3.05) is 13.1 Å². The summed E-state index contributed by atoms with van der Waals surface area (Å²) in [5.74, 6) is -3.81. The Morgan fingerprint density at radius 2 is 1.64 bits per heavy atom. The maximum Gasteiger partial charge on any atom is 0.326 e. The van der Waals surface area contributed by atoms with Crippen molar-refractivity contribution in [1.82, 2.24) is 10.2 Å². The van der Waals surface area contributed by atoms with Gasteiger partial charge in [0.1, 0.15) is 12.6 Å².